The highest BCUT2D eigenvalue weighted by atomic mass is 32.1. The number of thiocarbonyl (C=S) groups is 1. The molecule has 4 rings (SSSR count). The second-order valence-electron chi connectivity index (χ2n) is 8.14. The lowest BCUT2D eigenvalue weighted by Crippen LogP contribution is -2.46. The number of benzene rings is 2. The van der Waals surface area contributed by atoms with E-state index in [1.165, 1.54) is 0 Å². The van der Waals surface area contributed by atoms with E-state index in [9.17, 15) is 0 Å². The minimum absolute atomic E-state index is 0.185. The van der Waals surface area contributed by atoms with Crippen LogP contribution >= 0.6 is 12.2 Å². The molecule has 0 radical (unpaired) electrons. The lowest BCUT2D eigenvalue weighted by atomic mass is 9.94. The number of aromatic nitrogens is 2. The van der Waals surface area contributed by atoms with Gasteiger partial charge in [-0.15, -0.1) is 0 Å². The minimum Gasteiger partial charge on any atom is -0.493 e. The third kappa shape index (κ3) is 4.77. The molecule has 0 bridgehead atoms. The minimum atomic E-state index is -0.185. The van der Waals surface area contributed by atoms with Crippen LogP contribution in [0.4, 0.5) is 0 Å². The smallest absolute Gasteiger partial charge is 0.258 e. The van der Waals surface area contributed by atoms with Gasteiger partial charge in [0.1, 0.15) is 0 Å². The van der Waals surface area contributed by atoms with E-state index in [-0.39, 0.29) is 6.04 Å². The molecular formula is C26H30N4O3S. The number of ether oxygens (including phenoxy) is 2. The Bertz CT molecular complexity index is 1180. The SMILES string of the molecule is CCCCCN1C(=S)NC(c2ccccc2)C(c2nc(-c3ccc(OC)c(OC)c3)no2)=C1C. The van der Waals surface area contributed by atoms with E-state index in [4.69, 9.17) is 31.2 Å². The summed E-state index contributed by atoms with van der Waals surface area (Å²) in [5, 5.41) is 8.50. The van der Waals surface area contributed by atoms with Crippen molar-refractivity contribution in [2.75, 3.05) is 20.8 Å². The first-order valence-electron chi connectivity index (χ1n) is 11.5. The summed E-state index contributed by atoms with van der Waals surface area (Å²) in [5.74, 6) is 2.20. The molecule has 0 saturated heterocycles. The van der Waals surface area contributed by atoms with E-state index < -0.39 is 0 Å². The molecule has 34 heavy (non-hydrogen) atoms. The van der Waals surface area contributed by atoms with Gasteiger partial charge in [0.05, 0.1) is 25.8 Å². The van der Waals surface area contributed by atoms with Gasteiger partial charge in [-0.1, -0.05) is 55.3 Å². The van der Waals surface area contributed by atoms with Gasteiger partial charge in [-0.25, -0.2) is 0 Å². The molecule has 1 atom stereocenters. The molecule has 8 heteroatoms. The Morgan fingerprint density at radius 2 is 1.82 bits per heavy atom. The van der Waals surface area contributed by atoms with Gasteiger partial charge in [-0.2, -0.15) is 4.98 Å². The van der Waals surface area contributed by atoms with Crippen molar-refractivity contribution in [3.8, 4) is 22.9 Å². The second-order valence-corrected chi connectivity index (χ2v) is 8.53. The van der Waals surface area contributed by atoms with Gasteiger partial charge in [0.2, 0.25) is 5.82 Å². The van der Waals surface area contributed by atoms with Gasteiger partial charge in [0, 0.05) is 17.8 Å². The van der Waals surface area contributed by atoms with Crippen molar-refractivity contribution >= 4 is 22.9 Å². The number of allylic oxidation sites excluding steroid dienone is 1. The zero-order chi connectivity index (χ0) is 24.1. The summed E-state index contributed by atoms with van der Waals surface area (Å²) in [5.41, 5.74) is 3.81. The van der Waals surface area contributed by atoms with Crippen molar-refractivity contribution in [3.05, 3.63) is 65.7 Å². The van der Waals surface area contributed by atoms with Crippen LogP contribution in [0.25, 0.3) is 17.0 Å². The molecule has 0 spiro atoms. The number of nitrogens with one attached hydrogen (secondary N) is 1. The van der Waals surface area contributed by atoms with Gasteiger partial charge >= 0.3 is 0 Å². The molecule has 2 aromatic carbocycles. The maximum atomic E-state index is 5.82. The topological polar surface area (TPSA) is 72.7 Å². The third-order valence-corrected chi connectivity index (χ3v) is 6.35. The Morgan fingerprint density at radius 1 is 1.06 bits per heavy atom. The van der Waals surface area contributed by atoms with E-state index in [1.54, 1.807) is 14.2 Å². The van der Waals surface area contributed by atoms with Crippen LogP contribution < -0.4 is 14.8 Å². The van der Waals surface area contributed by atoms with Gasteiger partial charge in [-0.3, -0.25) is 0 Å². The Morgan fingerprint density at radius 3 is 2.53 bits per heavy atom. The number of rotatable bonds is 9. The summed E-state index contributed by atoms with van der Waals surface area (Å²) in [4.78, 5) is 6.91. The van der Waals surface area contributed by atoms with E-state index >= 15 is 0 Å². The van der Waals surface area contributed by atoms with E-state index in [1.807, 2.05) is 36.4 Å². The summed E-state index contributed by atoms with van der Waals surface area (Å²) in [6, 6.07) is 15.6. The zero-order valence-electron chi connectivity index (χ0n) is 20.0. The summed E-state index contributed by atoms with van der Waals surface area (Å²) < 4.78 is 16.6. The fourth-order valence-electron chi connectivity index (χ4n) is 4.17. The molecule has 1 aromatic heterocycles. The number of hydrogen-bond donors (Lipinski definition) is 1. The lowest BCUT2D eigenvalue weighted by Gasteiger charge is -2.37. The van der Waals surface area contributed by atoms with Crippen molar-refractivity contribution < 1.29 is 14.0 Å². The highest BCUT2D eigenvalue weighted by Crippen LogP contribution is 2.38. The Labute approximate surface area is 205 Å². The summed E-state index contributed by atoms with van der Waals surface area (Å²) in [6.07, 6.45) is 3.35. The lowest BCUT2D eigenvalue weighted by molar-refractivity contribution is 0.355. The molecule has 178 valence electrons. The van der Waals surface area contributed by atoms with Gasteiger partial charge < -0.3 is 24.2 Å². The Balaban J connectivity index is 1.75. The van der Waals surface area contributed by atoms with Crippen LogP contribution in [-0.2, 0) is 0 Å². The monoisotopic (exact) mass is 478 g/mol. The zero-order valence-corrected chi connectivity index (χ0v) is 20.8. The van der Waals surface area contributed by atoms with Crippen molar-refractivity contribution in [2.45, 2.75) is 39.2 Å². The van der Waals surface area contributed by atoms with Crippen LogP contribution in [0.15, 0.2) is 58.8 Å². The van der Waals surface area contributed by atoms with E-state index in [0.29, 0.717) is 28.3 Å². The molecule has 0 aliphatic carbocycles. The van der Waals surface area contributed by atoms with E-state index in [2.05, 4.69) is 41.4 Å². The summed E-state index contributed by atoms with van der Waals surface area (Å²) in [6.45, 7) is 5.11. The molecule has 2 heterocycles. The van der Waals surface area contributed by atoms with Crippen molar-refractivity contribution in [1.82, 2.24) is 20.4 Å². The average Bonchev–Trinajstić information content (AvgIpc) is 3.35. The van der Waals surface area contributed by atoms with E-state index in [0.717, 1.165) is 48.2 Å². The van der Waals surface area contributed by atoms with Crippen molar-refractivity contribution in [3.63, 3.8) is 0 Å². The third-order valence-electron chi connectivity index (χ3n) is 6.01. The number of unbranched alkanes of at least 4 members (excludes halogenated alkanes) is 2. The van der Waals surface area contributed by atoms with Crippen LogP contribution in [0.3, 0.4) is 0 Å². The number of methoxy groups -OCH3 is 2. The predicted octanol–water partition coefficient (Wildman–Crippen LogP) is 5.61. The molecule has 1 unspecified atom stereocenters. The first kappa shape index (κ1) is 23.8. The largest absolute Gasteiger partial charge is 0.493 e. The molecular weight excluding hydrogens is 448 g/mol. The molecule has 1 aliphatic rings. The molecule has 0 saturated carbocycles. The van der Waals surface area contributed by atoms with Crippen molar-refractivity contribution in [2.24, 2.45) is 0 Å². The van der Waals surface area contributed by atoms with Crippen LogP contribution in [0, 0.1) is 0 Å². The van der Waals surface area contributed by atoms with Gasteiger partial charge in [0.15, 0.2) is 16.6 Å². The number of hydrogen-bond acceptors (Lipinski definition) is 6. The second kappa shape index (κ2) is 10.7. The summed E-state index contributed by atoms with van der Waals surface area (Å²) >= 11 is 5.76. The highest BCUT2D eigenvalue weighted by Gasteiger charge is 2.33. The molecule has 3 aromatic rings. The molecule has 1 aliphatic heterocycles. The Hall–Kier alpha value is -3.39. The van der Waals surface area contributed by atoms with Gasteiger partial charge in [0.25, 0.3) is 5.89 Å². The molecule has 7 nitrogen and oxygen atoms in total. The van der Waals surface area contributed by atoms with Crippen LogP contribution in [0.2, 0.25) is 0 Å². The summed E-state index contributed by atoms with van der Waals surface area (Å²) in [7, 11) is 3.21. The van der Waals surface area contributed by atoms with Crippen LogP contribution in [0.5, 0.6) is 11.5 Å². The standard InChI is InChI=1S/C26H30N4O3S/c1-5-6-10-15-30-17(2)22(23(27-26(30)34)18-11-8-7-9-12-18)25-28-24(29-33-25)19-13-14-20(31-3)21(16-19)32-4/h7-9,11-14,16,23H,5-6,10,15H2,1-4H3,(H,27,34). The molecule has 0 fully saturated rings. The predicted molar refractivity (Wildman–Crippen MR) is 137 cm³/mol. The molecule has 1 N–H and O–H groups in total. The fourth-order valence-corrected chi connectivity index (χ4v) is 4.51. The average molecular weight is 479 g/mol. The normalized spacial score (nSPS) is 15.9. The Kier molecular flexibility index (Phi) is 7.47. The van der Waals surface area contributed by atoms with Gasteiger partial charge in [-0.05, 0) is 49.3 Å². The molecule has 0 amide bonds. The fraction of sp³-hybridized carbons (Fsp3) is 0.346. The first-order valence-corrected chi connectivity index (χ1v) is 11.9. The van der Waals surface area contributed by atoms with Crippen molar-refractivity contribution in [1.29, 1.82) is 0 Å². The highest BCUT2D eigenvalue weighted by molar-refractivity contribution is 7.80. The first-order chi connectivity index (χ1) is 16.6. The maximum absolute atomic E-state index is 5.82. The van der Waals surface area contributed by atoms with Crippen LogP contribution in [-0.4, -0.2) is 40.9 Å². The quantitative estimate of drug-likeness (QED) is 0.314. The number of nitrogens with zero attached hydrogens (tertiary/aromatic N) is 3. The van der Waals surface area contributed by atoms with Crippen LogP contribution in [0.1, 0.15) is 50.6 Å². The maximum Gasteiger partial charge on any atom is 0.258 e.